The van der Waals surface area contributed by atoms with Crippen molar-refractivity contribution in [3.8, 4) is 11.3 Å². The van der Waals surface area contributed by atoms with Crippen LogP contribution in [0.25, 0.3) is 11.3 Å². The molecule has 13 heteroatoms. The predicted molar refractivity (Wildman–Crippen MR) is 96.8 cm³/mol. The highest BCUT2D eigenvalue weighted by atomic mass is 32.1. The first-order chi connectivity index (χ1) is 13.5. The lowest BCUT2D eigenvalue weighted by molar-refractivity contribution is -0.270. The van der Waals surface area contributed by atoms with E-state index >= 15 is 0 Å². The number of nitrogens with zero attached hydrogens (tertiary/aromatic N) is 3. The minimum atomic E-state index is -5.13. The average molecular weight is 428 g/mol. The zero-order valence-corrected chi connectivity index (χ0v) is 15.6. The van der Waals surface area contributed by atoms with Gasteiger partial charge in [-0.1, -0.05) is 0 Å². The molecule has 0 spiro atoms. The lowest BCUT2D eigenvalue weighted by Crippen LogP contribution is -2.46. The molecular formula is C16H15F3N6O3S. The summed E-state index contributed by atoms with van der Waals surface area (Å²) >= 11 is 0.968. The van der Waals surface area contributed by atoms with Gasteiger partial charge in [0, 0.05) is 36.6 Å². The Bertz CT molecular complexity index is 1060. The van der Waals surface area contributed by atoms with Crippen molar-refractivity contribution in [1.29, 1.82) is 0 Å². The third-order valence-electron chi connectivity index (χ3n) is 4.07. The number of carbonyl (C=O) groups is 2. The fraction of sp³-hybridized carbons (Fsp3) is 0.250. The number of anilines is 1. The van der Waals surface area contributed by atoms with Gasteiger partial charge in [0.05, 0.1) is 12.1 Å². The van der Waals surface area contributed by atoms with Gasteiger partial charge < -0.3 is 25.7 Å². The van der Waals surface area contributed by atoms with Crippen molar-refractivity contribution in [2.24, 2.45) is 12.8 Å². The Balaban J connectivity index is 1.77. The quantitative estimate of drug-likeness (QED) is 0.474. The van der Waals surface area contributed by atoms with Crippen molar-refractivity contribution < 1.29 is 27.9 Å². The minimum Gasteiger partial charge on any atom is -0.374 e. The summed E-state index contributed by atoms with van der Waals surface area (Å²) in [6.45, 7) is 0. The van der Waals surface area contributed by atoms with Gasteiger partial charge >= 0.3 is 6.18 Å². The molecule has 0 radical (unpaired) electrons. The molecule has 0 aliphatic rings. The molecule has 0 aromatic carbocycles. The highest BCUT2D eigenvalue weighted by Crippen LogP contribution is 2.41. The smallest absolute Gasteiger partial charge is 0.374 e. The normalized spacial score (nSPS) is 13.8. The van der Waals surface area contributed by atoms with Gasteiger partial charge in [0.25, 0.3) is 5.91 Å². The molecule has 3 rings (SSSR count). The summed E-state index contributed by atoms with van der Waals surface area (Å²) in [6, 6.07) is 1.45. The van der Waals surface area contributed by atoms with Crippen LogP contribution in [0.3, 0.4) is 0 Å². The van der Waals surface area contributed by atoms with Crippen molar-refractivity contribution in [3.63, 3.8) is 0 Å². The number of thiazole rings is 1. The third-order valence-corrected chi connectivity index (χ3v) is 4.83. The lowest BCUT2D eigenvalue weighted by Gasteiger charge is -2.29. The topological polar surface area (TPSA) is 139 Å². The van der Waals surface area contributed by atoms with Gasteiger partial charge in [0.15, 0.2) is 11.0 Å². The van der Waals surface area contributed by atoms with Gasteiger partial charge in [-0.3, -0.25) is 9.59 Å². The summed E-state index contributed by atoms with van der Waals surface area (Å²) in [6.07, 6.45) is -2.63. The molecule has 3 aromatic heterocycles. The van der Waals surface area contributed by atoms with Crippen LogP contribution in [0, 0.1) is 0 Å². The lowest BCUT2D eigenvalue weighted by atomic mass is 9.97. The summed E-state index contributed by atoms with van der Waals surface area (Å²) in [7, 11) is 1.28. The van der Waals surface area contributed by atoms with E-state index in [1.807, 2.05) is 0 Å². The molecule has 0 saturated carbocycles. The van der Waals surface area contributed by atoms with Crippen LogP contribution in [0.5, 0.6) is 0 Å². The van der Waals surface area contributed by atoms with E-state index in [0.717, 1.165) is 22.1 Å². The number of amides is 2. The summed E-state index contributed by atoms with van der Waals surface area (Å²) in [5.41, 5.74) is 2.73. The van der Waals surface area contributed by atoms with E-state index in [1.54, 1.807) is 0 Å². The first-order valence-corrected chi connectivity index (χ1v) is 8.90. The Morgan fingerprint density at radius 3 is 2.69 bits per heavy atom. The first-order valence-electron chi connectivity index (χ1n) is 8.02. The number of hydrogen-bond acceptors (Lipinski definition) is 6. The zero-order valence-electron chi connectivity index (χ0n) is 14.8. The number of aromatic amines is 1. The van der Waals surface area contributed by atoms with Gasteiger partial charge in [-0.15, -0.1) is 11.3 Å². The van der Waals surface area contributed by atoms with E-state index in [9.17, 15) is 27.9 Å². The first kappa shape index (κ1) is 20.5. The maximum Gasteiger partial charge on any atom is 0.425 e. The molecule has 0 fully saturated rings. The largest absolute Gasteiger partial charge is 0.425 e. The van der Waals surface area contributed by atoms with Crippen LogP contribution < -0.4 is 11.1 Å². The second-order valence-electron chi connectivity index (χ2n) is 6.15. The maximum absolute atomic E-state index is 13.5. The molecule has 2 amide bonds. The molecule has 1 unspecified atom stereocenters. The number of hydrogen-bond donors (Lipinski definition) is 4. The Morgan fingerprint density at radius 1 is 1.41 bits per heavy atom. The van der Waals surface area contributed by atoms with E-state index in [-0.39, 0.29) is 10.8 Å². The highest BCUT2D eigenvalue weighted by Gasteiger charge is 2.58. The van der Waals surface area contributed by atoms with E-state index in [4.69, 9.17) is 5.73 Å². The predicted octanol–water partition coefficient (Wildman–Crippen LogP) is 1.75. The summed E-state index contributed by atoms with van der Waals surface area (Å²) in [4.78, 5) is 33.6. The van der Waals surface area contributed by atoms with Gasteiger partial charge in [-0.2, -0.15) is 13.2 Å². The second kappa shape index (κ2) is 7.33. The summed E-state index contributed by atoms with van der Waals surface area (Å²) < 4.78 is 41.5. The summed E-state index contributed by atoms with van der Waals surface area (Å²) in [5, 5.41) is 14.0. The standard InChI is InChI=1S/C16H15F3N6O3S/c1-25-3-2-21-13(25)15(28,16(17,18)19)5-11(26)24-14-23-10(7-29-14)8-4-9(12(20)27)22-6-8/h2-4,6-7,22,28H,5H2,1H3,(H2,20,27)(H,23,24,26). The van der Waals surface area contributed by atoms with Gasteiger partial charge in [0.1, 0.15) is 5.69 Å². The van der Waals surface area contributed by atoms with E-state index < -0.39 is 35.8 Å². The number of halogens is 3. The fourth-order valence-corrected chi connectivity index (χ4v) is 3.35. The van der Waals surface area contributed by atoms with E-state index in [1.165, 1.54) is 30.9 Å². The van der Waals surface area contributed by atoms with Crippen LogP contribution >= 0.6 is 11.3 Å². The number of imidazole rings is 1. The molecule has 1 atom stereocenters. The van der Waals surface area contributed by atoms with Gasteiger partial charge in [0.2, 0.25) is 11.5 Å². The van der Waals surface area contributed by atoms with Crippen LogP contribution in [0.15, 0.2) is 30.0 Å². The van der Waals surface area contributed by atoms with Crippen molar-refractivity contribution in [2.75, 3.05) is 5.32 Å². The van der Waals surface area contributed by atoms with E-state index in [0.29, 0.717) is 11.3 Å². The third kappa shape index (κ3) is 4.00. The number of alkyl halides is 3. The SMILES string of the molecule is Cn1ccnc1C(O)(CC(=O)Nc1nc(-c2c[nH]c(C(N)=O)c2)cs1)C(F)(F)F. The van der Waals surface area contributed by atoms with Gasteiger partial charge in [-0.25, -0.2) is 9.97 Å². The van der Waals surface area contributed by atoms with Crippen LogP contribution in [-0.4, -0.2) is 42.6 Å². The fourth-order valence-electron chi connectivity index (χ4n) is 2.61. The average Bonchev–Trinajstić information content (AvgIpc) is 3.33. The van der Waals surface area contributed by atoms with Crippen LogP contribution in [0.1, 0.15) is 22.7 Å². The Labute approximate surface area is 165 Å². The molecule has 0 aliphatic heterocycles. The zero-order chi connectivity index (χ0) is 21.4. The van der Waals surface area contributed by atoms with Crippen molar-refractivity contribution in [1.82, 2.24) is 19.5 Å². The number of aromatic nitrogens is 4. The molecule has 3 heterocycles. The van der Waals surface area contributed by atoms with Crippen LogP contribution in [-0.2, 0) is 17.4 Å². The Kier molecular flexibility index (Phi) is 5.19. The van der Waals surface area contributed by atoms with Gasteiger partial charge in [-0.05, 0) is 6.07 Å². The Hall–Kier alpha value is -3.19. The number of nitrogens with one attached hydrogen (secondary N) is 2. The number of carbonyl (C=O) groups excluding carboxylic acids is 2. The molecule has 0 bridgehead atoms. The summed E-state index contributed by atoms with van der Waals surface area (Å²) in [5.74, 6) is -2.47. The number of rotatable bonds is 6. The molecule has 5 N–H and O–H groups in total. The molecule has 154 valence electrons. The minimum absolute atomic E-state index is 0.0242. The molecular weight excluding hydrogens is 413 g/mol. The molecule has 0 saturated heterocycles. The monoisotopic (exact) mass is 428 g/mol. The number of H-pyrrole nitrogens is 1. The number of aryl methyl sites for hydroxylation is 1. The van der Waals surface area contributed by atoms with Crippen molar-refractivity contribution in [3.05, 3.63) is 41.6 Å². The van der Waals surface area contributed by atoms with E-state index in [2.05, 4.69) is 20.3 Å². The molecule has 9 nitrogen and oxygen atoms in total. The maximum atomic E-state index is 13.5. The highest BCUT2D eigenvalue weighted by molar-refractivity contribution is 7.14. The molecule has 29 heavy (non-hydrogen) atoms. The van der Waals surface area contributed by atoms with Crippen LogP contribution in [0.4, 0.5) is 18.3 Å². The number of aliphatic hydroxyl groups is 1. The van der Waals surface area contributed by atoms with Crippen molar-refractivity contribution in [2.45, 2.75) is 18.2 Å². The molecule has 3 aromatic rings. The van der Waals surface area contributed by atoms with Crippen LogP contribution in [0.2, 0.25) is 0 Å². The second-order valence-corrected chi connectivity index (χ2v) is 7.01. The number of primary amides is 1. The van der Waals surface area contributed by atoms with Crippen molar-refractivity contribution >= 4 is 28.3 Å². The molecule has 0 aliphatic carbocycles. The number of nitrogens with two attached hydrogens (primary N) is 1. The Morgan fingerprint density at radius 2 is 2.14 bits per heavy atom.